The summed E-state index contributed by atoms with van der Waals surface area (Å²) in [5.41, 5.74) is 6.21. The van der Waals surface area contributed by atoms with Crippen LogP contribution in [0, 0.1) is 0 Å². The Labute approximate surface area is 100 Å². The fourth-order valence-electron chi connectivity index (χ4n) is 1.12. The second-order valence-corrected chi connectivity index (χ2v) is 3.30. The van der Waals surface area contributed by atoms with Crippen molar-refractivity contribution in [2.75, 3.05) is 25.7 Å². The van der Waals surface area contributed by atoms with Crippen LogP contribution < -0.4 is 10.5 Å². The minimum absolute atomic E-state index is 0.00633. The van der Waals surface area contributed by atoms with E-state index < -0.39 is 0 Å². The monoisotopic (exact) mass is 239 g/mol. The zero-order valence-electron chi connectivity index (χ0n) is 9.85. The molecule has 0 bridgehead atoms. The average molecular weight is 239 g/mol. The number of carbonyl (C=O) groups excluding carboxylic acids is 1. The van der Waals surface area contributed by atoms with E-state index in [4.69, 9.17) is 19.9 Å². The number of nitrogens with two attached hydrogens (primary N) is 1. The van der Waals surface area contributed by atoms with Crippen molar-refractivity contribution in [1.82, 2.24) is 0 Å². The normalized spacial score (nSPS) is 9.94. The van der Waals surface area contributed by atoms with Crippen molar-refractivity contribution >= 4 is 11.7 Å². The summed E-state index contributed by atoms with van der Waals surface area (Å²) in [6.45, 7) is 2.60. The topological polar surface area (TPSA) is 70.8 Å². The lowest BCUT2D eigenvalue weighted by Crippen LogP contribution is -2.12. The maximum atomic E-state index is 11.2. The van der Waals surface area contributed by atoms with Crippen LogP contribution >= 0.6 is 0 Å². The van der Waals surface area contributed by atoms with Crippen LogP contribution in [-0.2, 0) is 14.3 Å². The predicted molar refractivity (Wildman–Crippen MR) is 63.6 cm³/mol. The number of benzene rings is 1. The van der Waals surface area contributed by atoms with Gasteiger partial charge in [0.2, 0.25) is 0 Å². The molecule has 0 unspecified atom stereocenters. The summed E-state index contributed by atoms with van der Waals surface area (Å²) in [7, 11) is 0. The molecule has 1 aromatic carbocycles. The van der Waals surface area contributed by atoms with Crippen LogP contribution in [0.3, 0.4) is 0 Å². The van der Waals surface area contributed by atoms with Crippen LogP contribution in [-0.4, -0.2) is 26.0 Å². The number of ether oxygens (including phenoxy) is 3. The van der Waals surface area contributed by atoms with Gasteiger partial charge in [-0.2, -0.15) is 0 Å². The van der Waals surface area contributed by atoms with E-state index in [0.717, 1.165) is 0 Å². The molecule has 0 saturated carbocycles. The van der Waals surface area contributed by atoms with E-state index in [2.05, 4.69) is 0 Å². The third-order valence-electron chi connectivity index (χ3n) is 1.94. The van der Waals surface area contributed by atoms with Gasteiger partial charge in [0.05, 0.1) is 13.0 Å². The Morgan fingerprint density at radius 1 is 1.41 bits per heavy atom. The summed E-state index contributed by atoms with van der Waals surface area (Å²) in [6.07, 6.45) is 0.182. The Bertz CT molecular complexity index is 354. The number of rotatable bonds is 7. The van der Waals surface area contributed by atoms with Gasteiger partial charge >= 0.3 is 5.97 Å². The Balaban J connectivity index is 2.17. The van der Waals surface area contributed by atoms with Gasteiger partial charge in [0.15, 0.2) is 6.79 Å². The number of hydrogen-bond donors (Lipinski definition) is 1. The molecule has 0 atom stereocenters. The second-order valence-electron chi connectivity index (χ2n) is 3.30. The van der Waals surface area contributed by atoms with Crippen LogP contribution in [0.2, 0.25) is 0 Å². The molecule has 2 N–H and O–H groups in total. The molecular weight excluding hydrogens is 222 g/mol. The van der Waals surface area contributed by atoms with Crippen molar-refractivity contribution in [1.29, 1.82) is 0 Å². The lowest BCUT2D eigenvalue weighted by Gasteiger charge is -2.07. The highest BCUT2D eigenvalue weighted by Crippen LogP contribution is 2.14. The largest absolute Gasteiger partial charge is 0.493 e. The van der Waals surface area contributed by atoms with Crippen LogP contribution in [0.15, 0.2) is 24.3 Å². The Morgan fingerprint density at radius 3 is 2.94 bits per heavy atom. The first kappa shape index (κ1) is 13.3. The third kappa shape index (κ3) is 5.77. The fraction of sp³-hybridized carbons (Fsp3) is 0.417. The summed E-state index contributed by atoms with van der Waals surface area (Å²) in [4.78, 5) is 11.2. The minimum Gasteiger partial charge on any atom is -0.493 e. The van der Waals surface area contributed by atoms with E-state index in [9.17, 15) is 4.79 Å². The Morgan fingerprint density at radius 2 is 2.24 bits per heavy atom. The molecule has 17 heavy (non-hydrogen) atoms. The molecule has 1 rings (SSSR count). The molecule has 0 saturated heterocycles. The predicted octanol–water partition coefficient (Wildman–Crippen LogP) is 1.57. The van der Waals surface area contributed by atoms with E-state index in [0.29, 0.717) is 18.0 Å². The van der Waals surface area contributed by atoms with Crippen molar-refractivity contribution in [3.05, 3.63) is 24.3 Å². The van der Waals surface area contributed by atoms with Crippen molar-refractivity contribution in [2.45, 2.75) is 13.3 Å². The lowest BCUT2D eigenvalue weighted by atomic mass is 10.3. The molecule has 1 aromatic rings. The van der Waals surface area contributed by atoms with Crippen LogP contribution in [0.1, 0.15) is 13.3 Å². The molecule has 0 aliphatic carbocycles. The van der Waals surface area contributed by atoms with E-state index in [1.165, 1.54) is 0 Å². The van der Waals surface area contributed by atoms with Gasteiger partial charge in [-0.25, -0.2) is 0 Å². The molecule has 0 aromatic heterocycles. The zero-order valence-corrected chi connectivity index (χ0v) is 9.85. The standard InChI is InChI=1S/C12H17NO4/c1-2-15-9-17-12(14)6-7-16-11-5-3-4-10(13)8-11/h3-5,8H,2,6-7,9,13H2,1H3. The number of anilines is 1. The fourth-order valence-corrected chi connectivity index (χ4v) is 1.12. The van der Waals surface area contributed by atoms with Crippen LogP contribution in [0.25, 0.3) is 0 Å². The van der Waals surface area contributed by atoms with Gasteiger partial charge in [-0.3, -0.25) is 4.79 Å². The Kier molecular flexibility index (Phi) is 5.88. The van der Waals surface area contributed by atoms with E-state index in [1.807, 2.05) is 6.92 Å². The van der Waals surface area contributed by atoms with Gasteiger partial charge in [0, 0.05) is 18.4 Å². The third-order valence-corrected chi connectivity index (χ3v) is 1.94. The highest BCUT2D eigenvalue weighted by atomic mass is 16.7. The Hall–Kier alpha value is -1.75. The van der Waals surface area contributed by atoms with E-state index in [-0.39, 0.29) is 25.8 Å². The second kappa shape index (κ2) is 7.51. The number of esters is 1. The van der Waals surface area contributed by atoms with Crippen molar-refractivity contribution < 1.29 is 19.0 Å². The highest BCUT2D eigenvalue weighted by Gasteiger charge is 2.03. The van der Waals surface area contributed by atoms with Crippen molar-refractivity contribution in [3.8, 4) is 5.75 Å². The van der Waals surface area contributed by atoms with Gasteiger partial charge < -0.3 is 19.9 Å². The van der Waals surface area contributed by atoms with Crippen molar-refractivity contribution in [3.63, 3.8) is 0 Å². The summed E-state index contributed by atoms with van der Waals surface area (Å²) >= 11 is 0. The summed E-state index contributed by atoms with van der Waals surface area (Å²) < 4.78 is 15.0. The molecule has 5 nitrogen and oxygen atoms in total. The number of hydrogen-bond acceptors (Lipinski definition) is 5. The number of nitrogen functional groups attached to an aromatic ring is 1. The number of carbonyl (C=O) groups is 1. The molecule has 0 heterocycles. The summed E-state index contributed by atoms with van der Waals surface area (Å²) in [5.74, 6) is 0.296. The maximum Gasteiger partial charge on any atom is 0.311 e. The molecule has 0 aliphatic rings. The molecule has 5 heteroatoms. The molecule has 0 radical (unpaired) electrons. The molecule has 0 amide bonds. The summed E-state index contributed by atoms with van der Waals surface area (Å²) in [5, 5.41) is 0. The molecular formula is C12H17NO4. The van der Waals surface area contributed by atoms with Gasteiger partial charge in [0.25, 0.3) is 0 Å². The quantitative estimate of drug-likeness (QED) is 0.338. The van der Waals surface area contributed by atoms with Gasteiger partial charge in [-0.1, -0.05) is 6.07 Å². The maximum absolute atomic E-state index is 11.2. The van der Waals surface area contributed by atoms with Gasteiger partial charge in [-0.05, 0) is 19.1 Å². The smallest absolute Gasteiger partial charge is 0.311 e. The van der Waals surface area contributed by atoms with E-state index >= 15 is 0 Å². The SMILES string of the molecule is CCOCOC(=O)CCOc1cccc(N)c1. The zero-order chi connectivity index (χ0) is 12.5. The molecule has 0 spiro atoms. The molecule has 0 aliphatic heterocycles. The van der Waals surface area contributed by atoms with Crippen molar-refractivity contribution in [2.24, 2.45) is 0 Å². The van der Waals surface area contributed by atoms with Crippen LogP contribution in [0.5, 0.6) is 5.75 Å². The lowest BCUT2D eigenvalue weighted by molar-refractivity contribution is -0.156. The molecule has 0 fully saturated rings. The summed E-state index contributed by atoms with van der Waals surface area (Å²) in [6, 6.07) is 7.04. The first-order valence-electron chi connectivity index (χ1n) is 5.44. The first-order valence-corrected chi connectivity index (χ1v) is 5.44. The van der Waals surface area contributed by atoms with Gasteiger partial charge in [0.1, 0.15) is 5.75 Å². The average Bonchev–Trinajstić information content (AvgIpc) is 2.29. The van der Waals surface area contributed by atoms with E-state index in [1.54, 1.807) is 24.3 Å². The minimum atomic E-state index is -0.345. The van der Waals surface area contributed by atoms with Crippen LogP contribution in [0.4, 0.5) is 5.69 Å². The first-order chi connectivity index (χ1) is 8.22. The van der Waals surface area contributed by atoms with Gasteiger partial charge in [-0.15, -0.1) is 0 Å². The highest BCUT2D eigenvalue weighted by molar-refractivity contribution is 5.69. The molecule has 94 valence electrons.